The minimum atomic E-state index is -0.378. The molecule has 142 valence electrons. The van der Waals surface area contributed by atoms with Crippen molar-refractivity contribution in [2.75, 3.05) is 20.8 Å². The topological polar surface area (TPSA) is 89.0 Å². The van der Waals surface area contributed by atoms with Crippen molar-refractivity contribution in [3.05, 3.63) is 45.6 Å². The van der Waals surface area contributed by atoms with Gasteiger partial charge in [0.1, 0.15) is 0 Å². The van der Waals surface area contributed by atoms with E-state index in [2.05, 4.69) is 15.8 Å². The Morgan fingerprint density at radius 3 is 2.74 bits per heavy atom. The second-order valence-corrected chi connectivity index (χ2v) is 6.96. The number of carbonyl (C=O) groups is 2. The van der Waals surface area contributed by atoms with Gasteiger partial charge in [-0.05, 0) is 48.9 Å². The summed E-state index contributed by atoms with van der Waals surface area (Å²) in [6.45, 7) is -0.166. The molecule has 0 saturated carbocycles. The van der Waals surface area contributed by atoms with Gasteiger partial charge in [0.05, 0.1) is 26.5 Å². The van der Waals surface area contributed by atoms with Gasteiger partial charge in [-0.15, -0.1) is 11.3 Å². The summed E-state index contributed by atoms with van der Waals surface area (Å²) >= 11 is 1.71. The largest absolute Gasteiger partial charge is 0.493 e. The monoisotopic (exact) mass is 387 g/mol. The summed E-state index contributed by atoms with van der Waals surface area (Å²) in [5.74, 6) is 0.225. The first-order valence-corrected chi connectivity index (χ1v) is 9.42. The first kappa shape index (κ1) is 18.9. The summed E-state index contributed by atoms with van der Waals surface area (Å²) in [5, 5.41) is 8.85. The second-order valence-electron chi connectivity index (χ2n) is 5.96. The van der Waals surface area contributed by atoms with Crippen LogP contribution in [0.3, 0.4) is 0 Å². The smallest absolute Gasteiger partial charge is 0.259 e. The summed E-state index contributed by atoms with van der Waals surface area (Å²) in [6.07, 6.45) is 2.92. The highest BCUT2D eigenvalue weighted by molar-refractivity contribution is 7.10. The van der Waals surface area contributed by atoms with Gasteiger partial charge in [-0.25, -0.2) is 5.43 Å². The lowest BCUT2D eigenvalue weighted by Crippen LogP contribution is -2.35. The number of hydrogen-bond acceptors (Lipinski definition) is 6. The number of nitrogens with zero attached hydrogens (tertiary/aromatic N) is 1. The van der Waals surface area contributed by atoms with Gasteiger partial charge in [0, 0.05) is 16.0 Å². The lowest BCUT2D eigenvalue weighted by molar-refractivity contribution is -0.120. The van der Waals surface area contributed by atoms with E-state index in [0.29, 0.717) is 17.1 Å². The summed E-state index contributed by atoms with van der Waals surface area (Å²) in [7, 11) is 3.02. The fraction of sp³-hybridized carbons (Fsp3) is 0.316. The molecular formula is C19H21N3O4S. The number of hydrogen-bond donors (Lipinski definition) is 2. The number of thiophene rings is 1. The molecule has 2 amide bonds. The summed E-state index contributed by atoms with van der Waals surface area (Å²) in [4.78, 5) is 25.6. The van der Waals surface area contributed by atoms with E-state index in [0.717, 1.165) is 30.5 Å². The highest BCUT2D eigenvalue weighted by Gasteiger charge is 2.17. The molecule has 1 aromatic heterocycles. The standard InChI is InChI=1S/C19H21N3O4S/c1-25-15-7-6-12(10-16(15)26-2)19(24)20-11-18(23)22-21-14-4-3-5-17-13(14)8-9-27-17/h6-10H,3-5,11H2,1-2H3,(H,20,24)(H,22,23)/b21-14+. The number of rotatable bonds is 6. The van der Waals surface area contributed by atoms with E-state index >= 15 is 0 Å². The number of amides is 2. The minimum absolute atomic E-state index is 0.166. The SMILES string of the molecule is COc1ccc(C(=O)NCC(=O)N/N=C2\CCCc3sccc32)cc1OC. The molecule has 27 heavy (non-hydrogen) atoms. The molecule has 0 unspecified atom stereocenters. The van der Waals surface area contributed by atoms with Crippen molar-refractivity contribution < 1.29 is 19.1 Å². The molecule has 0 radical (unpaired) electrons. The Kier molecular flexibility index (Phi) is 6.08. The van der Waals surface area contributed by atoms with Crippen molar-refractivity contribution in [3.8, 4) is 11.5 Å². The van der Waals surface area contributed by atoms with Gasteiger partial charge in [-0.2, -0.15) is 5.10 Å². The van der Waals surface area contributed by atoms with Gasteiger partial charge in [-0.3, -0.25) is 9.59 Å². The molecule has 8 heteroatoms. The van der Waals surface area contributed by atoms with E-state index in [9.17, 15) is 9.59 Å². The Morgan fingerprint density at radius 2 is 1.96 bits per heavy atom. The molecule has 0 aliphatic heterocycles. The first-order chi connectivity index (χ1) is 13.1. The van der Waals surface area contributed by atoms with Crippen LogP contribution in [0.25, 0.3) is 0 Å². The lowest BCUT2D eigenvalue weighted by Gasteiger charge is -2.13. The predicted octanol–water partition coefficient (Wildman–Crippen LogP) is 2.35. The first-order valence-electron chi connectivity index (χ1n) is 8.54. The van der Waals surface area contributed by atoms with Gasteiger partial charge in [0.15, 0.2) is 11.5 Å². The number of aryl methyl sites for hydroxylation is 1. The third-order valence-electron chi connectivity index (χ3n) is 4.24. The molecule has 1 heterocycles. The van der Waals surface area contributed by atoms with Crippen molar-refractivity contribution in [1.82, 2.24) is 10.7 Å². The van der Waals surface area contributed by atoms with Crippen LogP contribution in [0.5, 0.6) is 11.5 Å². The molecule has 0 spiro atoms. The number of hydrazone groups is 1. The average molecular weight is 387 g/mol. The van der Waals surface area contributed by atoms with Crippen LogP contribution in [0.15, 0.2) is 34.7 Å². The van der Waals surface area contributed by atoms with Gasteiger partial charge in [0.2, 0.25) is 0 Å². The zero-order valence-electron chi connectivity index (χ0n) is 15.2. The highest BCUT2D eigenvalue weighted by atomic mass is 32.1. The van der Waals surface area contributed by atoms with Crippen LogP contribution in [-0.2, 0) is 11.2 Å². The fourth-order valence-corrected chi connectivity index (χ4v) is 3.81. The van der Waals surface area contributed by atoms with E-state index in [4.69, 9.17) is 9.47 Å². The summed E-state index contributed by atoms with van der Waals surface area (Å²) < 4.78 is 10.3. The molecule has 1 aliphatic carbocycles. The van der Waals surface area contributed by atoms with Gasteiger partial charge < -0.3 is 14.8 Å². The molecule has 3 rings (SSSR count). The van der Waals surface area contributed by atoms with E-state index < -0.39 is 0 Å². The van der Waals surface area contributed by atoms with E-state index in [1.165, 1.54) is 19.1 Å². The molecule has 0 atom stereocenters. The van der Waals surface area contributed by atoms with Crippen molar-refractivity contribution in [2.24, 2.45) is 5.10 Å². The number of nitrogens with one attached hydrogen (secondary N) is 2. The molecule has 0 saturated heterocycles. The maximum atomic E-state index is 12.2. The number of fused-ring (bicyclic) bond motifs is 1. The third kappa shape index (κ3) is 4.46. The van der Waals surface area contributed by atoms with E-state index in [-0.39, 0.29) is 18.4 Å². The zero-order valence-corrected chi connectivity index (χ0v) is 16.0. The Balaban J connectivity index is 1.55. The van der Waals surface area contributed by atoms with Crippen LogP contribution in [-0.4, -0.2) is 38.3 Å². The predicted molar refractivity (Wildman–Crippen MR) is 104 cm³/mol. The number of carbonyl (C=O) groups excluding carboxylic acids is 2. The second kappa shape index (κ2) is 8.68. The van der Waals surface area contributed by atoms with Crippen molar-refractivity contribution >= 4 is 28.9 Å². The summed E-state index contributed by atoms with van der Waals surface area (Å²) in [5.41, 5.74) is 4.90. The van der Waals surface area contributed by atoms with Crippen LogP contribution in [0.1, 0.15) is 33.6 Å². The molecule has 1 aromatic carbocycles. The van der Waals surface area contributed by atoms with Crippen LogP contribution >= 0.6 is 11.3 Å². The quantitative estimate of drug-likeness (QED) is 0.745. The highest BCUT2D eigenvalue weighted by Crippen LogP contribution is 2.27. The Morgan fingerprint density at radius 1 is 1.15 bits per heavy atom. The molecule has 2 N–H and O–H groups in total. The maximum Gasteiger partial charge on any atom is 0.259 e. The van der Waals surface area contributed by atoms with Crippen LogP contribution < -0.4 is 20.2 Å². The number of ether oxygens (including phenoxy) is 2. The Hall–Kier alpha value is -2.87. The van der Waals surface area contributed by atoms with Gasteiger partial charge >= 0.3 is 0 Å². The van der Waals surface area contributed by atoms with Crippen molar-refractivity contribution in [2.45, 2.75) is 19.3 Å². The molecule has 0 fully saturated rings. The summed E-state index contributed by atoms with van der Waals surface area (Å²) in [6, 6.07) is 6.84. The number of methoxy groups -OCH3 is 2. The zero-order chi connectivity index (χ0) is 19.2. The van der Waals surface area contributed by atoms with Crippen LogP contribution in [0.2, 0.25) is 0 Å². The number of benzene rings is 1. The van der Waals surface area contributed by atoms with Gasteiger partial charge in [0.25, 0.3) is 11.8 Å². The van der Waals surface area contributed by atoms with Crippen LogP contribution in [0.4, 0.5) is 0 Å². The maximum absolute atomic E-state index is 12.2. The third-order valence-corrected chi connectivity index (χ3v) is 5.23. The molecular weight excluding hydrogens is 366 g/mol. The minimum Gasteiger partial charge on any atom is -0.493 e. The van der Waals surface area contributed by atoms with E-state index in [1.54, 1.807) is 29.5 Å². The molecule has 0 bridgehead atoms. The van der Waals surface area contributed by atoms with Crippen LogP contribution in [0, 0.1) is 0 Å². The van der Waals surface area contributed by atoms with Gasteiger partial charge in [-0.1, -0.05) is 0 Å². The molecule has 1 aliphatic rings. The Labute approximate surface area is 161 Å². The molecule has 7 nitrogen and oxygen atoms in total. The normalized spacial score (nSPS) is 14.4. The Bertz CT molecular complexity index is 876. The molecule has 2 aromatic rings. The van der Waals surface area contributed by atoms with Crippen molar-refractivity contribution in [1.29, 1.82) is 0 Å². The fourth-order valence-electron chi connectivity index (χ4n) is 2.87. The van der Waals surface area contributed by atoms with E-state index in [1.807, 2.05) is 11.4 Å². The average Bonchev–Trinajstić information content (AvgIpc) is 3.19. The van der Waals surface area contributed by atoms with Crippen molar-refractivity contribution in [3.63, 3.8) is 0 Å². The lowest BCUT2D eigenvalue weighted by atomic mass is 9.97.